The maximum Gasteiger partial charge on any atom is 0.337 e. The van der Waals surface area contributed by atoms with Crippen LogP contribution in [0, 0.1) is 5.82 Å². The van der Waals surface area contributed by atoms with E-state index in [4.69, 9.17) is 5.11 Å². The third kappa shape index (κ3) is 3.13. The molecule has 0 heterocycles. The largest absolute Gasteiger partial charge is 0.479 e. The zero-order valence-electron chi connectivity index (χ0n) is 8.39. The molecule has 86 valence electrons. The lowest BCUT2D eigenvalue weighted by Crippen LogP contribution is -2.11. The molecule has 0 aliphatic carbocycles. The summed E-state index contributed by atoms with van der Waals surface area (Å²) < 4.78 is 13.1. The van der Waals surface area contributed by atoms with Crippen LogP contribution in [0.15, 0.2) is 18.2 Å². The van der Waals surface area contributed by atoms with Gasteiger partial charge in [0, 0.05) is 6.42 Å². The summed E-state index contributed by atoms with van der Waals surface area (Å²) in [4.78, 5) is 20.7. The van der Waals surface area contributed by atoms with E-state index in [0.717, 1.165) is 6.07 Å². The number of carboxylic acid groups (broad SMARTS) is 1. The smallest absolute Gasteiger partial charge is 0.337 e. The van der Waals surface area contributed by atoms with E-state index in [-0.39, 0.29) is 12.0 Å². The number of aliphatic hydroxyl groups excluding tert-OH is 1. The Morgan fingerprint density at radius 2 is 2.12 bits per heavy atom. The first-order valence-corrected chi connectivity index (χ1v) is 4.68. The molecule has 0 saturated heterocycles. The van der Waals surface area contributed by atoms with Gasteiger partial charge in [-0.2, -0.15) is 0 Å². The minimum atomic E-state index is -1.74. The van der Waals surface area contributed by atoms with Gasteiger partial charge in [0.25, 0.3) is 0 Å². The van der Waals surface area contributed by atoms with Crippen LogP contribution < -0.4 is 0 Å². The zero-order chi connectivity index (χ0) is 12.1. The van der Waals surface area contributed by atoms with Crippen LogP contribution in [0.2, 0.25) is 0 Å². The summed E-state index contributed by atoms with van der Waals surface area (Å²) >= 11 is 0. The van der Waals surface area contributed by atoms with Crippen LogP contribution in [-0.2, 0) is 16.0 Å². The van der Waals surface area contributed by atoms with Gasteiger partial charge >= 0.3 is 5.97 Å². The Morgan fingerprint density at radius 1 is 1.44 bits per heavy atom. The Bertz CT molecular complexity index is 403. The molecule has 0 fully saturated rings. The molecule has 1 aromatic carbocycles. The molecule has 0 saturated carbocycles. The number of carboxylic acids is 1. The molecule has 1 unspecified atom stereocenters. The second-order valence-electron chi connectivity index (χ2n) is 3.34. The minimum absolute atomic E-state index is 0.0200. The van der Waals surface area contributed by atoms with Crippen molar-refractivity contribution in [2.75, 3.05) is 0 Å². The second-order valence-corrected chi connectivity index (χ2v) is 3.34. The summed E-state index contributed by atoms with van der Waals surface area (Å²) in [5.74, 6) is -2.06. The molecule has 0 aromatic heterocycles. The molecule has 0 radical (unpaired) electrons. The van der Waals surface area contributed by atoms with E-state index in [9.17, 15) is 19.1 Å². The average Bonchev–Trinajstić information content (AvgIpc) is 2.24. The summed E-state index contributed by atoms with van der Waals surface area (Å²) in [6.07, 6.45) is -0.504. The third-order valence-electron chi connectivity index (χ3n) is 2.08. The highest BCUT2D eigenvalue weighted by atomic mass is 19.1. The molecule has 1 aromatic rings. The topological polar surface area (TPSA) is 74.6 Å². The van der Waals surface area contributed by atoms with Gasteiger partial charge in [-0.05, 0) is 29.7 Å². The number of aliphatic carboxylic acids is 1. The van der Waals surface area contributed by atoms with Gasteiger partial charge in [-0.3, -0.25) is 0 Å². The van der Waals surface area contributed by atoms with E-state index >= 15 is 0 Å². The number of hydrogen-bond acceptors (Lipinski definition) is 3. The first-order valence-electron chi connectivity index (χ1n) is 4.68. The van der Waals surface area contributed by atoms with Crippen molar-refractivity contribution in [3.05, 3.63) is 35.1 Å². The van der Waals surface area contributed by atoms with E-state index in [1.807, 2.05) is 0 Å². The van der Waals surface area contributed by atoms with Crippen LogP contribution in [0.5, 0.6) is 0 Å². The number of hydrogen-bond donors (Lipinski definition) is 2. The molecular weight excluding hydrogens is 215 g/mol. The fraction of sp³-hybridized carbons (Fsp3) is 0.273. The molecule has 5 heteroatoms. The standard InChI is InChI=1S/C11H11FO4/c12-9-5-7(2-1-3-13)4-8(6-9)10(14)11(15)16/h3-6,10,14H,1-2H2,(H,15,16). The monoisotopic (exact) mass is 226 g/mol. The molecule has 1 atom stereocenters. The zero-order valence-corrected chi connectivity index (χ0v) is 8.39. The fourth-order valence-corrected chi connectivity index (χ4v) is 1.35. The number of aliphatic hydroxyl groups is 1. The van der Waals surface area contributed by atoms with Gasteiger partial charge in [0.05, 0.1) is 0 Å². The van der Waals surface area contributed by atoms with Crippen molar-refractivity contribution >= 4 is 12.3 Å². The van der Waals surface area contributed by atoms with Gasteiger partial charge in [-0.25, -0.2) is 9.18 Å². The maximum absolute atomic E-state index is 13.1. The van der Waals surface area contributed by atoms with Crippen LogP contribution in [0.25, 0.3) is 0 Å². The normalized spacial score (nSPS) is 12.1. The van der Waals surface area contributed by atoms with Crippen molar-refractivity contribution in [3.63, 3.8) is 0 Å². The Kier molecular flexibility index (Phi) is 4.13. The van der Waals surface area contributed by atoms with Crippen molar-refractivity contribution in [1.29, 1.82) is 0 Å². The summed E-state index contributed by atoms with van der Waals surface area (Å²) in [6, 6.07) is 3.55. The molecule has 0 spiro atoms. The third-order valence-corrected chi connectivity index (χ3v) is 2.08. The Balaban J connectivity index is 2.97. The van der Waals surface area contributed by atoms with Gasteiger partial charge in [0.2, 0.25) is 0 Å². The van der Waals surface area contributed by atoms with Crippen molar-refractivity contribution in [3.8, 4) is 0 Å². The van der Waals surface area contributed by atoms with Crippen LogP contribution in [-0.4, -0.2) is 22.5 Å². The molecule has 1 rings (SSSR count). The molecule has 0 aliphatic rings. The Hall–Kier alpha value is -1.75. The van der Waals surface area contributed by atoms with Crippen LogP contribution in [0.1, 0.15) is 23.7 Å². The summed E-state index contributed by atoms with van der Waals surface area (Å²) in [6.45, 7) is 0. The second kappa shape index (κ2) is 5.37. The summed E-state index contributed by atoms with van der Waals surface area (Å²) in [5, 5.41) is 17.8. The van der Waals surface area contributed by atoms with Crippen LogP contribution >= 0.6 is 0 Å². The highest BCUT2D eigenvalue weighted by Crippen LogP contribution is 2.17. The maximum atomic E-state index is 13.1. The van der Waals surface area contributed by atoms with Crippen LogP contribution in [0.4, 0.5) is 4.39 Å². The predicted octanol–water partition coefficient (Wildman–Crippen LogP) is 1.08. The molecule has 2 N–H and O–H groups in total. The molecular formula is C11H11FO4. The van der Waals surface area contributed by atoms with Crippen molar-refractivity contribution in [2.24, 2.45) is 0 Å². The molecule has 4 nitrogen and oxygen atoms in total. The van der Waals surface area contributed by atoms with Crippen molar-refractivity contribution in [1.82, 2.24) is 0 Å². The molecule has 0 aliphatic heterocycles. The SMILES string of the molecule is O=CCCc1cc(F)cc(C(O)C(=O)O)c1. The van der Waals surface area contributed by atoms with Gasteiger partial charge in [0.15, 0.2) is 6.10 Å². The van der Waals surface area contributed by atoms with Gasteiger partial charge in [0.1, 0.15) is 12.1 Å². The first-order chi connectivity index (χ1) is 7.54. The number of carbonyl (C=O) groups is 2. The summed E-state index contributed by atoms with van der Waals surface area (Å²) in [5.41, 5.74) is 0.468. The minimum Gasteiger partial charge on any atom is -0.479 e. The van der Waals surface area contributed by atoms with Crippen molar-refractivity contribution < 1.29 is 24.2 Å². The van der Waals surface area contributed by atoms with E-state index in [2.05, 4.69) is 0 Å². The number of aryl methyl sites for hydroxylation is 1. The number of rotatable bonds is 5. The van der Waals surface area contributed by atoms with Gasteiger partial charge in [-0.15, -0.1) is 0 Å². The number of halogens is 1. The van der Waals surface area contributed by atoms with E-state index in [1.165, 1.54) is 12.1 Å². The molecule has 0 amide bonds. The van der Waals surface area contributed by atoms with E-state index < -0.39 is 17.9 Å². The molecule has 16 heavy (non-hydrogen) atoms. The number of aldehydes is 1. The number of benzene rings is 1. The predicted molar refractivity (Wildman–Crippen MR) is 53.4 cm³/mol. The van der Waals surface area contributed by atoms with Gasteiger partial charge < -0.3 is 15.0 Å². The summed E-state index contributed by atoms with van der Waals surface area (Å²) in [7, 11) is 0. The number of carbonyl (C=O) groups excluding carboxylic acids is 1. The van der Waals surface area contributed by atoms with E-state index in [0.29, 0.717) is 18.3 Å². The van der Waals surface area contributed by atoms with E-state index in [1.54, 1.807) is 0 Å². The lowest BCUT2D eigenvalue weighted by molar-refractivity contribution is -0.147. The lowest BCUT2D eigenvalue weighted by atomic mass is 10.0. The fourth-order valence-electron chi connectivity index (χ4n) is 1.35. The van der Waals surface area contributed by atoms with Crippen LogP contribution in [0.3, 0.4) is 0 Å². The average molecular weight is 226 g/mol. The quantitative estimate of drug-likeness (QED) is 0.736. The first kappa shape index (κ1) is 12.3. The van der Waals surface area contributed by atoms with Gasteiger partial charge in [-0.1, -0.05) is 6.07 Å². The Labute approximate surface area is 91.3 Å². The Morgan fingerprint density at radius 3 is 2.69 bits per heavy atom. The molecule has 0 bridgehead atoms. The highest BCUT2D eigenvalue weighted by Gasteiger charge is 2.17. The van der Waals surface area contributed by atoms with Crippen molar-refractivity contribution in [2.45, 2.75) is 18.9 Å². The lowest BCUT2D eigenvalue weighted by Gasteiger charge is -2.08. The highest BCUT2D eigenvalue weighted by molar-refractivity contribution is 5.74.